The van der Waals surface area contributed by atoms with E-state index in [0.717, 1.165) is 19.3 Å². The number of sulfonamides is 1. The van der Waals surface area contributed by atoms with E-state index in [1.165, 1.54) is 27.4 Å². The Bertz CT molecular complexity index is 808. The fraction of sp³-hybridized carbons (Fsp3) is 0.556. The van der Waals surface area contributed by atoms with Gasteiger partial charge in [-0.2, -0.15) is 4.31 Å². The van der Waals surface area contributed by atoms with Gasteiger partial charge in [-0.25, -0.2) is 13.2 Å². The summed E-state index contributed by atoms with van der Waals surface area (Å²) in [6.07, 6.45) is 3.72. The molecule has 2 fully saturated rings. The number of carboxylic acids is 1. The first-order valence-electron chi connectivity index (χ1n) is 8.98. The molecule has 3 rings (SSSR count). The number of aliphatic carboxylic acids is 1. The fourth-order valence-corrected chi connectivity index (χ4v) is 5.53. The monoisotopic (exact) mass is 380 g/mol. The molecule has 26 heavy (non-hydrogen) atoms. The summed E-state index contributed by atoms with van der Waals surface area (Å²) in [6, 6.07) is 5.04. The lowest BCUT2D eigenvalue weighted by Crippen LogP contribution is -2.42. The normalized spacial score (nSPS) is 24.6. The van der Waals surface area contributed by atoms with Crippen LogP contribution in [-0.2, 0) is 14.8 Å². The number of amides is 1. The predicted octanol–water partition coefficient (Wildman–Crippen LogP) is 1.94. The second kappa shape index (κ2) is 7.36. The molecule has 0 spiro atoms. The van der Waals surface area contributed by atoms with Crippen LogP contribution in [-0.4, -0.2) is 59.8 Å². The molecule has 2 aliphatic rings. The van der Waals surface area contributed by atoms with Gasteiger partial charge < -0.3 is 10.0 Å². The summed E-state index contributed by atoms with van der Waals surface area (Å²) < 4.78 is 27.4. The molecule has 2 atom stereocenters. The zero-order valence-corrected chi connectivity index (χ0v) is 15.6. The van der Waals surface area contributed by atoms with Gasteiger partial charge in [0.05, 0.1) is 4.90 Å². The molecule has 7 nitrogen and oxygen atoms in total. The third-order valence-corrected chi connectivity index (χ3v) is 7.24. The molecular weight excluding hydrogens is 356 g/mol. The molecule has 0 aromatic heterocycles. The van der Waals surface area contributed by atoms with Gasteiger partial charge in [-0.1, -0.05) is 12.5 Å². The summed E-state index contributed by atoms with van der Waals surface area (Å²) in [4.78, 5) is 25.5. The van der Waals surface area contributed by atoms with E-state index in [9.17, 15) is 23.1 Å². The molecule has 2 aliphatic heterocycles. The van der Waals surface area contributed by atoms with E-state index in [-0.39, 0.29) is 16.5 Å². The topological polar surface area (TPSA) is 95.0 Å². The number of hydrogen-bond acceptors (Lipinski definition) is 4. The number of carbonyl (C=O) groups is 2. The highest BCUT2D eigenvalue weighted by atomic mass is 32.2. The first kappa shape index (κ1) is 18.8. The zero-order chi connectivity index (χ0) is 18.9. The minimum Gasteiger partial charge on any atom is -0.480 e. The largest absolute Gasteiger partial charge is 0.480 e. The SMILES string of the molecule is CC1CCCCN1S(=O)(=O)c1cccc(C(=O)N2CCC[C@@H]2C(=O)O)c1. The number of piperidine rings is 1. The van der Waals surface area contributed by atoms with Crippen LogP contribution in [0.25, 0.3) is 0 Å². The first-order valence-corrected chi connectivity index (χ1v) is 10.4. The molecular formula is C18H24N2O5S. The van der Waals surface area contributed by atoms with Crippen molar-refractivity contribution in [1.82, 2.24) is 9.21 Å². The predicted molar refractivity (Wildman–Crippen MR) is 95.3 cm³/mol. The van der Waals surface area contributed by atoms with Gasteiger partial charge in [-0.3, -0.25) is 4.79 Å². The Balaban J connectivity index is 1.88. The maximum absolute atomic E-state index is 13.0. The van der Waals surface area contributed by atoms with Gasteiger partial charge in [0.2, 0.25) is 10.0 Å². The molecule has 1 N–H and O–H groups in total. The Morgan fingerprint density at radius 1 is 1.12 bits per heavy atom. The molecule has 2 heterocycles. The molecule has 1 amide bonds. The minimum atomic E-state index is -3.67. The molecule has 0 saturated carbocycles. The van der Waals surface area contributed by atoms with Crippen LogP contribution in [0.2, 0.25) is 0 Å². The van der Waals surface area contributed by atoms with Crippen LogP contribution in [0.3, 0.4) is 0 Å². The highest BCUT2D eigenvalue weighted by Crippen LogP contribution is 2.27. The highest BCUT2D eigenvalue weighted by molar-refractivity contribution is 7.89. The van der Waals surface area contributed by atoms with Crippen molar-refractivity contribution in [3.8, 4) is 0 Å². The van der Waals surface area contributed by atoms with Crippen molar-refractivity contribution in [3.05, 3.63) is 29.8 Å². The molecule has 142 valence electrons. The van der Waals surface area contributed by atoms with Crippen molar-refractivity contribution in [2.45, 2.75) is 56.0 Å². The van der Waals surface area contributed by atoms with E-state index in [1.54, 1.807) is 6.07 Å². The summed E-state index contributed by atoms with van der Waals surface area (Å²) in [5, 5.41) is 9.27. The van der Waals surface area contributed by atoms with Gasteiger partial charge in [0.15, 0.2) is 0 Å². The molecule has 0 bridgehead atoms. The lowest BCUT2D eigenvalue weighted by atomic mass is 10.1. The van der Waals surface area contributed by atoms with Crippen LogP contribution in [0.1, 0.15) is 49.4 Å². The highest BCUT2D eigenvalue weighted by Gasteiger charge is 2.35. The van der Waals surface area contributed by atoms with E-state index >= 15 is 0 Å². The maximum Gasteiger partial charge on any atom is 0.326 e. The average Bonchev–Trinajstić information content (AvgIpc) is 3.11. The van der Waals surface area contributed by atoms with Crippen LogP contribution in [0.4, 0.5) is 0 Å². The standard InChI is InChI=1S/C18H24N2O5S/c1-13-6-2-3-11-20(13)26(24,25)15-8-4-7-14(12-15)17(21)19-10-5-9-16(19)18(22)23/h4,7-8,12-13,16H,2-3,5-6,9-11H2,1H3,(H,22,23)/t13?,16-/m1/s1. The molecule has 1 aromatic carbocycles. The van der Waals surface area contributed by atoms with Gasteiger partial charge in [0, 0.05) is 24.7 Å². The Labute approximate surface area is 153 Å². The smallest absolute Gasteiger partial charge is 0.326 e. The average molecular weight is 380 g/mol. The van der Waals surface area contributed by atoms with Crippen LogP contribution in [0.5, 0.6) is 0 Å². The first-order chi connectivity index (χ1) is 12.3. The second-order valence-electron chi connectivity index (χ2n) is 6.98. The number of carbonyl (C=O) groups excluding carboxylic acids is 1. The fourth-order valence-electron chi connectivity index (χ4n) is 3.79. The van der Waals surface area contributed by atoms with E-state index in [1.807, 2.05) is 6.92 Å². The Morgan fingerprint density at radius 3 is 2.58 bits per heavy atom. The summed E-state index contributed by atoms with van der Waals surface area (Å²) in [6.45, 7) is 2.75. The van der Waals surface area contributed by atoms with Crippen molar-refractivity contribution in [2.75, 3.05) is 13.1 Å². The Hall–Kier alpha value is -1.93. The third kappa shape index (κ3) is 3.48. The quantitative estimate of drug-likeness (QED) is 0.861. The number of carboxylic acid groups (broad SMARTS) is 1. The number of rotatable bonds is 4. The van der Waals surface area contributed by atoms with E-state index in [2.05, 4.69) is 0 Å². The van der Waals surface area contributed by atoms with Crippen molar-refractivity contribution in [2.24, 2.45) is 0 Å². The van der Waals surface area contributed by atoms with E-state index in [4.69, 9.17) is 0 Å². The van der Waals surface area contributed by atoms with Gasteiger partial charge >= 0.3 is 5.97 Å². The molecule has 1 aromatic rings. The minimum absolute atomic E-state index is 0.0666. The number of benzene rings is 1. The van der Waals surface area contributed by atoms with Gasteiger partial charge in [-0.15, -0.1) is 0 Å². The van der Waals surface area contributed by atoms with Gasteiger partial charge in [0.25, 0.3) is 5.91 Å². The van der Waals surface area contributed by atoms with E-state index in [0.29, 0.717) is 25.9 Å². The number of likely N-dealkylation sites (tertiary alicyclic amines) is 1. The van der Waals surface area contributed by atoms with Crippen LogP contribution < -0.4 is 0 Å². The maximum atomic E-state index is 13.0. The molecule has 2 saturated heterocycles. The summed E-state index contributed by atoms with van der Waals surface area (Å²) in [5.74, 6) is -1.46. The molecule has 1 unspecified atom stereocenters. The summed E-state index contributed by atoms with van der Waals surface area (Å²) >= 11 is 0. The number of hydrogen-bond donors (Lipinski definition) is 1. The third-order valence-electron chi connectivity index (χ3n) is 5.23. The molecule has 0 radical (unpaired) electrons. The van der Waals surface area contributed by atoms with Crippen molar-refractivity contribution >= 4 is 21.9 Å². The van der Waals surface area contributed by atoms with Gasteiger partial charge in [-0.05, 0) is 50.8 Å². The van der Waals surface area contributed by atoms with Crippen LogP contribution in [0.15, 0.2) is 29.2 Å². The Morgan fingerprint density at radius 2 is 1.88 bits per heavy atom. The van der Waals surface area contributed by atoms with Crippen molar-refractivity contribution in [3.63, 3.8) is 0 Å². The van der Waals surface area contributed by atoms with Gasteiger partial charge in [0.1, 0.15) is 6.04 Å². The van der Waals surface area contributed by atoms with Crippen molar-refractivity contribution < 1.29 is 23.1 Å². The van der Waals surface area contributed by atoms with Crippen molar-refractivity contribution in [1.29, 1.82) is 0 Å². The molecule has 0 aliphatic carbocycles. The van der Waals surface area contributed by atoms with Crippen LogP contribution in [0, 0.1) is 0 Å². The van der Waals surface area contributed by atoms with Crippen LogP contribution >= 0.6 is 0 Å². The number of nitrogens with zero attached hydrogens (tertiary/aromatic N) is 2. The molecule has 8 heteroatoms. The lowest BCUT2D eigenvalue weighted by Gasteiger charge is -2.32. The lowest BCUT2D eigenvalue weighted by molar-refractivity contribution is -0.141. The Kier molecular flexibility index (Phi) is 5.34. The van der Waals surface area contributed by atoms with E-state index < -0.39 is 27.9 Å². The summed E-state index contributed by atoms with van der Waals surface area (Å²) in [5.41, 5.74) is 0.212. The second-order valence-corrected chi connectivity index (χ2v) is 8.87. The zero-order valence-electron chi connectivity index (χ0n) is 14.8. The summed E-state index contributed by atoms with van der Waals surface area (Å²) in [7, 11) is -3.67.